The van der Waals surface area contributed by atoms with Crippen molar-refractivity contribution in [3.8, 4) is 5.75 Å². The highest BCUT2D eigenvalue weighted by Crippen LogP contribution is 2.28. The Hall–Kier alpha value is -0.840. The number of halogens is 1. The molecule has 102 valence electrons. The van der Waals surface area contributed by atoms with Crippen molar-refractivity contribution < 1.29 is 4.74 Å². The summed E-state index contributed by atoms with van der Waals surface area (Å²) < 4.78 is 6.59. The Morgan fingerprint density at radius 2 is 2.16 bits per heavy atom. The summed E-state index contributed by atoms with van der Waals surface area (Å²) in [5.74, 6) is 0.953. The van der Waals surface area contributed by atoms with Crippen molar-refractivity contribution in [2.75, 3.05) is 7.11 Å². The highest BCUT2D eigenvalue weighted by Gasteiger charge is 2.13. The molecule has 1 aromatic heterocycles. The molecule has 0 aliphatic rings. The van der Waals surface area contributed by atoms with Crippen LogP contribution in [0.2, 0.25) is 0 Å². The van der Waals surface area contributed by atoms with E-state index in [0.717, 1.165) is 23.2 Å². The molecule has 1 aromatic carbocycles. The first-order chi connectivity index (χ1) is 9.24. The Kier molecular flexibility index (Phi) is 5.43. The summed E-state index contributed by atoms with van der Waals surface area (Å²) in [6.07, 6.45) is 1.03. The molecule has 19 heavy (non-hydrogen) atoms. The largest absolute Gasteiger partial charge is 0.496 e. The smallest absolute Gasteiger partial charge is 0.123 e. The third-order valence-electron chi connectivity index (χ3n) is 3.07. The standard InChI is InChI=1S/C15H18BrNOS/c1-3-14(13-6-4-5-7-15(13)18-2)17-9-12-8-11(16)10-19-12/h4-8,10,14,17H,3,9H2,1-2H3. The molecule has 0 saturated heterocycles. The van der Waals surface area contributed by atoms with Gasteiger partial charge in [0, 0.05) is 32.9 Å². The first kappa shape index (κ1) is 14.6. The predicted molar refractivity (Wildman–Crippen MR) is 84.9 cm³/mol. The van der Waals surface area contributed by atoms with Crippen LogP contribution < -0.4 is 10.1 Å². The molecule has 0 spiro atoms. The molecular weight excluding hydrogens is 322 g/mol. The second-order valence-corrected chi connectivity index (χ2v) is 6.23. The van der Waals surface area contributed by atoms with E-state index >= 15 is 0 Å². The van der Waals surface area contributed by atoms with Gasteiger partial charge in [-0.25, -0.2) is 0 Å². The third-order valence-corrected chi connectivity index (χ3v) is 4.76. The van der Waals surface area contributed by atoms with E-state index in [1.807, 2.05) is 12.1 Å². The Balaban J connectivity index is 2.07. The van der Waals surface area contributed by atoms with Crippen molar-refractivity contribution in [2.24, 2.45) is 0 Å². The van der Waals surface area contributed by atoms with E-state index in [1.54, 1.807) is 18.4 Å². The summed E-state index contributed by atoms with van der Waals surface area (Å²) in [6.45, 7) is 3.07. The summed E-state index contributed by atoms with van der Waals surface area (Å²) >= 11 is 5.25. The second-order valence-electron chi connectivity index (χ2n) is 4.31. The lowest BCUT2D eigenvalue weighted by Crippen LogP contribution is -2.20. The fourth-order valence-electron chi connectivity index (χ4n) is 2.10. The average molecular weight is 340 g/mol. The van der Waals surface area contributed by atoms with Crippen molar-refractivity contribution in [1.29, 1.82) is 0 Å². The summed E-state index contributed by atoms with van der Waals surface area (Å²) in [5.41, 5.74) is 1.23. The number of thiophene rings is 1. The van der Waals surface area contributed by atoms with Gasteiger partial charge in [0.25, 0.3) is 0 Å². The highest BCUT2D eigenvalue weighted by molar-refractivity contribution is 9.10. The molecule has 1 atom stereocenters. The van der Waals surface area contributed by atoms with E-state index in [0.29, 0.717) is 6.04 Å². The number of para-hydroxylation sites is 1. The van der Waals surface area contributed by atoms with Gasteiger partial charge < -0.3 is 10.1 Å². The Morgan fingerprint density at radius 3 is 2.79 bits per heavy atom. The third kappa shape index (κ3) is 3.81. The van der Waals surface area contributed by atoms with E-state index in [2.05, 4.69) is 51.7 Å². The number of hydrogen-bond donors (Lipinski definition) is 1. The monoisotopic (exact) mass is 339 g/mol. The van der Waals surface area contributed by atoms with Crippen LogP contribution in [0.25, 0.3) is 0 Å². The van der Waals surface area contributed by atoms with Gasteiger partial charge in [0.05, 0.1) is 7.11 Å². The minimum Gasteiger partial charge on any atom is -0.496 e. The number of hydrogen-bond acceptors (Lipinski definition) is 3. The first-order valence-electron chi connectivity index (χ1n) is 6.33. The summed E-state index contributed by atoms with van der Waals surface area (Å²) in [4.78, 5) is 1.33. The van der Waals surface area contributed by atoms with E-state index in [9.17, 15) is 0 Å². The molecule has 0 aliphatic heterocycles. The number of methoxy groups -OCH3 is 1. The van der Waals surface area contributed by atoms with Crippen LogP contribution in [0.5, 0.6) is 5.75 Å². The van der Waals surface area contributed by atoms with Crippen molar-refractivity contribution in [3.63, 3.8) is 0 Å². The SMILES string of the molecule is CCC(NCc1cc(Br)cs1)c1ccccc1OC. The van der Waals surface area contributed by atoms with E-state index in [1.165, 1.54) is 10.4 Å². The molecule has 2 aromatic rings. The zero-order valence-electron chi connectivity index (χ0n) is 11.2. The van der Waals surface area contributed by atoms with Crippen LogP contribution in [0.3, 0.4) is 0 Å². The van der Waals surface area contributed by atoms with Crippen LogP contribution >= 0.6 is 27.3 Å². The number of ether oxygens (including phenoxy) is 1. The molecule has 1 unspecified atom stereocenters. The topological polar surface area (TPSA) is 21.3 Å². The zero-order valence-corrected chi connectivity index (χ0v) is 13.6. The lowest BCUT2D eigenvalue weighted by molar-refractivity contribution is 0.397. The molecule has 0 saturated carbocycles. The van der Waals surface area contributed by atoms with Crippen molar-refractivity contribution in [3.05, 3.63) is 50.6 Å². The summed E-state index contributed by atoms with van der Waals surface area (Å²) in [7, 11) is 1.72. The molecule has 2 nitrogen and oxygen atoms in total. The van der Waals surface area contributed by atoms with Crippen molar-refractivity contribution >= 4 is 27.3 Å². The van der Waals surface area contributed by atoms with Gasteiger partial charge in [-0.3, -0.25) is 0 Å². The number of nitrogens with one attached hydrogen (secondary N) is 1. The normalized spacial score (nSPS) is 12.4. The number of benzene rings is 1. The van der Waals surface area contributed by atoms with Crippen LogP contribution in [-0.2, 0) is 6.54 Å². The molecular formula is C15H18BrNOS. The van der Waals surface area contributed by atoms with Crippen LogP contribution in [0.1, 0.15) is 29.8 Å². The molecule has 0 aliphatic carbocycles. The van der Waals surface area contributed by atoms with Crippen LogP contribution in [0.4, 0.5) is 0 Å². The van der Waals surface area contributed by atoms with Crippen LogP contribution in [-0.4, -0.2) is 7.11 Å². The minimum atomic E-state index is 0.317. The van der Waals surface area contributed by atoms with Gasteiger partial charge in [0.2, 0.25) is 0 Å². The highest BCUT2D eigenvalue weighted by atomic mass is 79.9. The first-order valence-corrected chi connectivity index (χ1v) is 8.01. The van der Waals surface area contributed by atoms with E-state index in [-0.39, 0.29) is 0 Å². The van der Waals surface area contributed by atoms with Gasteiger partial charge >= 0.3 is 0 Å². The maximum atomic E-state index is 5.44. The molecule has 0 fully saturated rings. The van der Waals surface area contributed by atoms with Crippen LogP contribution in [0, 0.1) is 0 Å². The summed E-state index contributed by atoms with van der Waals surface area (Å²) in [6, 6.07) is 10.7. The lowest BCUT2D eigenvalue weighted by atomic mass is 10.0. The molecule has 4 heteroatoms. The van der Waals surface area contributed by atoms with Gasteiger partial charge in [-0.1, -0.05) is 25.1 Å². The Morgan fingerprint density at radius 1 is 1.37 bits per heavy atom. The Bertz CT molecular complexity index is 526. The fourth-order valence-corrected chi connectivity index (χ4v) is 3.50. The molecule has 0 amide bonds. The second kappa shape index (κ2) is 7.08. The lowest BCUT2D eigenvalue weighted by Gasteiger charge is -2.19. The molecule has 0 bridgehead atoms. The van der Waals surface area contributed by atoms with Gasteiger partial charge in [-0.2, -0.15) is 0 Å². The van der Waals surface area contributed by atoms with Gasteiger partial charge in [-0.15, -0.1) is 11.3 Å². The minimum absolute atomic E-state index is 0.317. The zero-order chi connectivity index (χ0) is 13.7. The number of rotatable bonds is 6. The van der Waals surface area contributed by atoms with Crippen LogP contribution in [0.15, 0.2) is 40.2 Å². The Labute approximate surface area is 126 Å². The van der Waals surface area contributed by atoms with Gasteiger partial charge in [0.1, 0.15) is 5.75 Å². The molecule has 2 rings (SSSR count). The quantitative estimate of drug-likeness (QED) is 0.819. The summed E-state index contributed by atoms with van der Waals surface area (Å²) in [5, 5.41) is 5.71. The average Bonchev–Trinajstić information content (AvgIpc) is 2.86. The molecule has 1 heterocycles. The van der Waals surface area contributed by atoms with Crippen molar-refractivity contribution in [1.82, 2.24) is 5.32 Å². The van der Waals surface area contributed by atoms with Gasteiger partial charge in [0.15, 0.2) is 0 Å². The van der Waals surface area contributed by atoms with Gasteiger partial charge in [-0.05, 0) is 34.5 Å². The molecule has 0 radical (unpaired) electrons. The van der Waals surface area contributed by atoms with E-state index < -0.39 is 0 Å². The maximum Gasteiger partial charge on any atom is 0.123 e. The van der Waals surface area contributed by atoms with Crippen molar-refractivity contribution in [2.45, 2.75) is 25.9 Å². The van der Waals surface area contributed by atoms with E-state index in [4.69, 9.17) is 4.74 Å². The fraction of sp³-hybridized carbons (Fsp3) is 0.333. The predicted octanol–water partition coefficient (Wildman–Crippen LogP) is 4.76. The molecule has 1 N–H and O–H groups in total. The maximum absolute atomic E-state index is 5.44.